The highest BCUT2D eigenvalue weighted by Gasteiger charge is 2.41. The van der Waals surface area contributed by atoms with Gasteiger partial charge in [0.1, 0.15) is 16.8 Å². The summed E-state index contributed by atoms with van der Waals surface area (Å²) in [5.74, 6) is 1.39. The number of pyridine rings is 1. The van der Waals surface area contributed by atoms with Crippen LogP contribution < -0.4 is 4.90 Å². The van der Waals surface area contributed by atoms with E-state index in [1.165, 1.54) is 0 Å². The molecule has 2 fully saturated rings. The van der Waals surface area contributed by atoms with E-state index in [1.54, 1.807) is 30.5 Å². The third-order valence-corrected chi connectivity index (χ3v) is 7.31. The van der Waals surface area contributed by atoms with Gasteiger partial charge >= 0.3 is 0 Å². The Morgan fingerprint density at radius 2 is 1.73 bits per heavy atom. The number of sulfonamides is 1. The van der Waals surface area contributed by atoms with Gasteiger partial charge in [0.2, 0.25) is 5.91 Å². The molecule has 3 aliphatic heterocycles. The van der Waals surface area contributed by atoms with Crippen LogP contribution in [-0.4, -0.2) is 73.7 Å². The van der Waals surface area contributed by atoms with Crippen LogP contribution in [0.5, 0.6) is 0 Å². The molecule has 0 aliphatic carbocycles. The second kappa shape index (κ2) is 7.39. The van der Waals surface area contributed by atoms with Crippen LogP contribution in [0.15, 0.2) is 58.0 Å². The molecule has 2 aromatic rings. The lowest BCUT2D eigenvalue weighted by Gasteiger charge is -2.38. The van der Waals surface area contributed by atoms with Gasteiger partial charge in [0, 0.05) is 44.5 Å². The fraction of sp³-hybridized carbons (Fsp3) is 0.381. The SMILES string of the molecule is O=C([C@@H]1CCCN1C1=NS(=O)(=O)c2ccccc21)N1CCN(c2ccccn2)CC1. The third kappa shape index (κ3) is 3.23. The Bertz CT molecular complexity index is 1090. The van der Waals surface area contributed by atoms with Gasteiger partial charge in [0.05, 0.1) is 0 Å². The summed E-state index contributed by atoms with van der Waals surface area (Å²) in [6.07, 6.45) is 3.32. The molecule has 2 saturated heterocycles. The molecular weight excluding hydrogens is 402 g/mol. The van der Waals surface area contributed by atoms with Crippen molar-refractivity contribution in [2.24, 2.45) is 4.40 Å². The van der Waals surface area contributed by atoms with Crippen molar-refractivity contribution in [3.8, 4) is 0 Å². The number of hydrogen-bond donors (Lipinski definition) is 0. The fourth-order valence-corrected chi connectivity index (χ4v) is 5.70. The summed E-state index contributed by atoms with van der Waals surface area (Å²) in [7, 11) is -3.70. The number of likely N-dealkylation sites (tertiary alicyclic amines) is 1. The zero-order valence-corrected chi connectivity index (χ0v) is 17.3. The van der Waals surface area contributed by atoms with E-state index in [0.29, 0.717) is 37.5 Å². The topological polar surface area (TPSA) is 86.2 Å². The summed E-state index contributed by atoms with van der Waals surface area (Å²) in [4.78, 5) is 23.9. The summed E-state index contributed by atoms with van der Waals surface area (Å²) < 4.78 is 28.9. The third-order valence-electron chi connectivity index (χ3n) is 5.99. The molecule has 0 N–H and O–H groups in total. The van der Waals surface area contributed by atoms with Crippen LogP contribution in [0.3, 0.4) is 0 Å². The summed E-state index contributed by atoms with van der Waals surface area (Å²) in [6.45, 7) is 3.34. The predicted octanol–water partition coefficient (Wildman–Crippen LogP) is 1.34. The highest BCUT2D eigenvalue weighted by atomic mass is 32.2. The molecule has 0 radical (unpaired) electrons. The first-order valence-corrected chi connectivity index (χ1v) is 11.6. The van der Waals surface area contributed by atoms with E-state index in [-0.39, 0.29) is 16.8 Å². The maximum absolute atomic E-state index is 13.3. The second-order valence-electron chi connectivity index (χ2n) is 7.74. The van der Waals surface area contributed by atoms with Crippen molar-refractivity contribution >= 4 is 27.6 Å². The van der Waals surface area contributed by atoms with E-state index >= 15 is 0 Å². The van der Waals surface area contributed by atoms with Crippen molar-refractivity contribution in [3.63, 3.8) is 0 Å². The van der Waals surface area contributed by atoms with E-state index < -0.39 is 10.0 Å². The van der Waals surface area contributed by atoms with Gasteiger partial charge in [-0.25, -0.2) is 4.98 Å². The monoisotopic (exact) mass is 425 g/mol. The van der Waals surface area contributed by atoms with Crippen LogP contribution in [0.1, 0.15) is 18.4 Å². The van der Waals surface area contributed by atoms with Crippen molar-refractivity contribution in [2.45, 2.75) is 23.8 Å². The smallest absolute Gasteiger partial charge is 0.285 e. The maximum atomic E-state index is 13.3. The Morgan fingerprint density at radius 1 is 0.967 bits per heavy atom. The number of carbonyl (C=O) groups excluding carboxylic acids is 1. The van der Waals surface area contributed by atoms with Gasteiger partial charge in [-0.3, -0.25) is 4.79 Å². The second-order valence-corrected chi connectivity index (χ2v) is 9.31. The molecule has 0 saturated carbocycles. The molecule has 4 heterocycles. The highest BCUT2D eigenvalue weighted by molar-refractivity contribution is 7.90. The van der Waals surface area contributed by atoms with Crippen LogP contribution in [-0.2, 0) is 14.8 Å². The number of aromatic nitrogens is 1. The molecule has 3 aliphatic rings. The zero-order valence-electron chi connectivity index (χ0n) is 16.5. The molecule has 1 amide bonds. The quantitative estimate of drug-likeness (QED) is 0.722. The zero-order chi connectivity index (χ0) is 20.7. The largest absolute Gasteiger partial charge is 0.353 e. The van der Waals surface area contributed by atoms with Crippen LogP contribution in [0.4, 0.5) is 5.82 Å². The lowest BCUT2D eigenvalue weighted by atomic mass is 10.1. The summed E-state index contributed by atoms with van der Waals surface area (Å²) in [5, 5.41) is 0. The fourth-order valence-electron chi connectivity index (χ4n) is 4.48. The Morgan fingerprint density at radius 3 is 2.50 bits per heavy atom. The number of fused-ring (bicyclic) bond motifs is 1. The molecule has 1 atom stereocenters. The van der Waals surface area contributed by atoms with Gasteiger partial charge < -0.3 is 14.7 Å². The summed E-state index contributed by atoms with van der Waals surface area (Å²) >= 11 is 0. The standard InChI is InChI=1S/C21H23N5O3S/c27-21(25-14-12-24(13-15-25)19-9-3-4-10-22-19)17-7-5-11-26(17)20-16-6-1-2-8-18(16)30(28,29)23-20/h1-4,6,8-10,17H,5,7,11-15H2/t17-/m0/s1. The Balaban J connectivity index is 1.32. The highest BCUT2D eigenvalue weighted by Crippen LogP contribution is 2.31. The molecular formula is C21H23N5O3S. The minimum atomic E-state index is -3.70. The molecule has 156 valence electrons. The maximum Gasteiger partial charge on any atom is 0.285 e. The summed E-state index contributed by atoms with van der Waals surface area (Å²) in [6, 6.07) is 12.3. The van der Waals surface area contributed by atoms with Crippen LogP contribution in [0, 0.1) is 0 Å². The van der Waals surface area contributed by atoms with Gasteiger partial charge in [-0.05, 0) is 37.1 Å². The van der Waals surface area contributed by atoms with Crippen LogP contribution in [0.25, 0.3) is 0 Å². The number of carbonyl (C=O) groups is 1. The van der Waals surface area contributed by atoms with Crippen LogP contribution in [0.2, 0.25) is 0 Å². The average Bonchev–Trinajstić information content (AvgIpc) is 3.37. The van der Waals surface area contributed by atoms with Gasteiger partial charge in [-0.2, -0.15) is 8.42 Å². The number of rotatable bonds is 2. The number of amidine groups is 1. The normalized spacial score (nSPS) is 22.7. The number of anilines is 1. The predicted molar refractivity (Wildman–Crippen MR) is 113 cm³/mol. The van der Waals surface area contributed by atoms with E-state index in [9.17, 15) is 13.2 Å². The van der Waals surface area contributed by atoms with Gasteiger partial charge in [-0.15, -0.1) is 4.40 Å². The summed E-state index contributed by atoms with van der Waals surface area (Å²) in [5.41, 5.74) is 0.595. The molecule has 30 heavy (non-hydrogen) atoms. The number of hydrogen-bond acceptors (Lipinski definition) is 6. The Kier molecular flexibility index (Phi) is 4.69. The van der Waals surface area contributed by atoms with E-state index in [1.807, 2.05) is 28.0 Å². The van der Waals surface area contributed by atoms with Crippen molar-refractivity contribution in [1.29, 1.82) is 0 Å². The minimum Gasteiger partial charge on any atom is -0.353 e. The average molecular weight is 426 g/mol. The van der Waals surface area contributed by atoms with E-state index in [2.05, 4.69) is 14.3 Å². The molecule has 1 aromatic carbocycles. The number of nitrogens with zero attached hydrogens (tertiary/aromatic N) is 5. The van der Waals surface area contributed by atoms with Crippen molar-refractivity contribution in [1.82, 2.24) is 14.8 Å². The first-order chi connectivity index (χ1) is 14.5. The van der Waals surface area contributed by atoms with Gasteiger partial charge in [0.25, 0.3) is 10.0 Å². The van der Waals surface area contributed by atoms with E-state index in [0.717, 1.165) is 25.3 Å². The number of amides is 1. The first kappa shape index (κ1) is 19.0. The number of piperazine rings is 1. The Labute approximate surface area is 175 Å². The van der Waals surface area contributed by atoms with E-state index in [4.69, 9.17) is 0 Å². The molecule has 1 aromatic heterocycles. The van der Waals surface area contributed by atoms with Gasteiger partial charge in [0.15, 0.2) is 5.84 Å². The van der Waals surface area contributed by atoms with Crippen LogP contribution >= 0.6 is 0 Å². The Hall–Kier alpha value is -2.94. The molecule has 5 rings (SSSR count). The molecule has 0 bridgehead atoms. The molecule has 0 spiro atoms. The van der Waals surface area contributed by atoms with Crippen molar-refractivity contribution < 1.29 is 13.2 Å². The molecule has 8 nitrogen and oxygen atoms in total. The van der Waals surface area contributed by atoms with Gasteiger partial charge in [-0.1, -0.05) is 18.2 Å². The lowest BCUT2D eigenvalue weighted by Crippen LogP contribution is -2.54. The first-order valence-electron chi connectivity index (χ1n) is 10.2. The minimum absolute atomic E-state index is 0.0534. The molecule has 0 unspecified atom stereocenters. The lowest BCUT2D eigenvalue weighted by molar-refractivity contribution is -0.135. The van der Waals surface area contributed by atoms with Crippen molar-refractivity contribution in [3.05, 3.63) is 54.2 Å². The molecule has 9 heteroatoms. The van der Waals surface area contributed by atoms with Crippen molar-refractivity contribution in [2.75, 3.05) is 37.6 Å². The number of benzene rings is 1.